The number of aromatic nitrogens is 2. The van der Waals surface area contributed by atoms with Crippen LogP contribution in [0.4, 0.5) is 0 Å². The number of halogens is 2. The first kappa shape index (κ1) is 13.9. The maximum atomic E-state index is 6.38. The van der Waals surface area contributed by atoms with Crippen molar-refractivity contribution in [3.63, 3.8) is 0 Å². The number of imidazole rings is 1. The summed E-state index contributed by atoms with van der Waals surface area (Å²) < 4.78 is 0.857. The van der Waals surface area contributed by atoms with E-state index in [0.29, 0.717) is 10.0 Å². The first-order chi connectivity index (χ1) is 8.63. The molecule has 0 unspecified atom stereocenters. The third kappa shape index (κ3) is 2.88. The summed E-state index contributed by atoms with van der Waals surface area (Å²) in [6, 6.07) is 3.66. The number of nitrogens with zero attached hydrogens (tertiary/aromatic N) is 1. The van der Waals surface area contributed by atoms with Crippen molar-refractivity contribution in [2.24, 2.45) is 0 Å². The largest absolute Gasteiger partial charge is 0.345 e. The molecule has 0 aliphatic heterocycles. The predicted molar refractivity (Wildman–Crippen MR) is 82.8 cm³/mol. The first-order valence-corrected chi connectivity index (χ1v) is 7.30. The molecule has 0 saturated carbocycles. The molecular weight excluding hydrogens is 307 g/mol. The van der Waals surface area contributed by atoms with Gasteiger partial charge >= 0.3 is 0 Å². The number of hydrogen-bond acceptors (Lipinski definition) is 3. The monoisotopic (exact) mass is 316 g/mol. The molecule has 0 aliphatic rings. The van der Waals surface area contributed by atoms with E-state index >= 15 is 0 Å². The first-order valence-electron chi connectivity index (χ1n) is 5.32. The highest BCUT2D eigenvalue weighted by Gasteiger charge is 2.15. The Morgan fingerprint density at radius 1 is 1.44 bits per heavy atom. The Bertz CT molecular complexity index is 568. The van der Waals surface area contributed by atoms with Gasteiger partial charge in [0, 0.05) is 18.0 Å². The number of thioether (sulfide) groups is 1. The maximum Gasteiger partial charge on any atom is 0.138 e. The fraction of sp³-hybridized carbons (Fsp3) is 0.167. The highest BCUT2D eigenvalue weighted by molar-refractivity contribution is 8.23. The van der Waals surface area contributed by atoms with Gasteiger partial charge in [-0.3, -0.25) is 0 Å². The number of nitrogens with one attached hydrogen (secondary N) is 1. The Kier molecular flexibility index (Phi) is 4.67. The van der Waals surface area contributed by atoms with Crippen LogP contribution < -0.4 is 0 Å². The van der Waals surface area contributed by atoms with Crippen LogP contribution in [0.1, 0.15) is 13.3 Å². The van der Waals surface area contributed by atoms with E-state index in [1.54, 1.807) is 12.4 Å². The van der Waals surface area contributed by atoms with Gasteiger partial charge in [0.1, 0.15) is 5.82 Å². The lowest BCUT2D eigenvalue weighted by Gasteiger charge is -2.09. The van der Waals surface area contributed by atoms with Gasteiger partial charge in [0.25, 0.3) is 0 Å². The van der Waals surface area contributed by atoms with E-state index in [1.165, 1.54) is 11.8 Å². The normalized spacial score (nSPS) is 10.6. The summed E-state index contributed by atoms with van der Waals surface area (Å²) in [7, 11) is 0. The third-order valence-electron chi connectivity index (χ3n) is 2.31. The van der Waals surface area contributed by atoms with Gasteiger partial charge in [-0.15, -0.1) is 0 Å². The van der Waals surface area contributed by atoms with Crippen LogP contribution in [0.5, 0.6) is 0 Å². The lowest BCUT2D eigenvalue weighted by Crippen LogP contribution is -1.89. The van der Waals surface area contributed by atoms with Crippen LogP contribution in [0.2, 0.25) is 10.0 Å². The molecule has 0 atom stereocenters. The summed E-state index contributed by atoms with van der Waals surface area (Å²) in [6.07, 6.45) is 4.24. The van der Waals surface area contributed by atoms with Crippen molar-refractivity contribution in [1.29, 1.82) is 0 Å². The molecule has 1 aromatic heterocycles. The molecule has 0 fully saturated rings. The molecule has 0 radical (unpaired) electrons. The summed E-state index contributed by atoms with van der Waals surface area (Å²) in [5, 5.41) is 1.19. The highest BCUT2D eigenvalue weighted by atomic mass is 35.5. The van der Waals surface area contributed by atoms with Crippen molar-refractivity contribution < 1.29 is 0 Å². The van der Waals surface area contributed by atoms with Gasteiger partial charge in [0.15, 0.2) is 0 Å². The van der Waals surface area contributed by atoms with Gasteiger partial charge < -0.3 is 4.98 Å². The van der Waals surface area contributed by atoms with E-state index in [0.717, 1.165) is 26.9 Å². The predicted octanol–water partition coefficient (Wildman–Crippen LogP) is 5.21. The van der Waals surface area contributed by atoms with Crippen LogP contribution in [0.3, 0.4) is 0 Å². The third-order valence-corrected chi connectivity index (χ3v) is 4.92. The van der Waals surface area contributed by atoms with Gasteiger partial charge in [-0.25, -0.2) is 4.98 Å². The zero-order valence-electron chi connectivity index (χ0n) is 9.54. The molecule has 18 heavy (non-hydrogen) atoms. The molecule has 0 bridgehead atoms. The topological polar surface area (TPSA) is 28.7 Å². The van der Waals surface area contributed by atoms with Crippen molar-refractivity contribution in [3.05, 3.63) is 34.6 Å². The SMILES string of the molecule is CCC(=S)Sc1c(Cl)ccc(-c2ncc[nH]2)c1Cl. The number of rotatable bonds is 3. The number of hydrogen-bond donors (Lipinski definition) is 1. The molecule has 1 N–H and O–H groups in total. The van der Waals surface area contributed by atoms with Crippen LogP contribution in [-0.2, 0) is 0 Å². The molecule has 1 heterocycles. The van der Waals surface area contributed by atoms with E-state index in [4.69, 9.17) is 35.4 Å². The quantitative estimate of drug-likeness (QED) is 0.622. The molecule has 0 saturated heterocycles. The molecule has 2 nitrogen and oxygen atoms in total. The molecule has 2 rings (SSSR count). The molecule has 2 aromatic rings. The molecule has 0 aliphatic carbocycles. The van der Waals surface area contributed by atoms with Gasteiger partial charge in [0.05, 0.1) is 19.1 Å². The summed E-state index contributed by atoms with van der Waals surface area (Å²) >= 11 is 19.2. The van der Waals surface area contributed by atoms with Crippen molar-refractivity contribution in [2.75, 3.05) is 0 Å². The smallest absolute Gasteiger partial charge is 0.138 e. The zero-order chi connectivity index (χ0) is 13.1. The summed E-state index contributed by atoms with van der Waals surface area (Å²) in [5.41, 5.74) is 0.826. The minimum atomic E-state index is 0.582. The molecule has 0 spiro atoms. The zero-order valence-corrected chi connectivity index (χ0v) is 12.7. The maximum absolute atomic E-state index is 6.38. The Hall–Kier alpha value is -0.550. The standard InChI is InChI=1S/C12H10Cl2N2S2/c1-2-9(17)18-11-8(13)4-3-7(10(11)14)12-15-5-6-16-12/h3-6H,2H2,1H3,(H,15,16). The molecule has 6 heteroatoms. The molecule has 1 aromatic carbocycles. The van der Waals surface area contributed by atoms with Crippen molar-refractivity contribution >= 4 is 51.4 Å². The second kappa shape index (κ2) is 6.06. The van der Waals surface area contributed by atoms with Crippen molar-refractivity contribution in [2.45, 2.75) is 18.2 Å². The minimum Gasteiger partial charge on any atom is -0.345 e. The number of benzene rings is 1. The summed E-state index contributed by atoms with van der Waals surface area (Å²) in [6.45, 7) is 2.01. The van der Waals surface area contributed by atoms with Gasteiger partial charge in [-0.2, -0.15) is 0 Å². The number of thiocarbonyl (C=S) groups is 1. The van der Waals surface area contributed by atoms with Crippen LogP contribution in [0.25, 0.3) is 11.4 Å². The minimum absolute atomic E-state index is 0.582. The number of aromatic amines is 1. The van der Waals surface area contributed by atoms with Crippen molar-refractivity contribution in [3.8, 4) is 11.4 Å². The van der Waals surface area contributed by atoms with E-state index in [-0.39, 0.29) is 0 Å². The van der Waals surface area contributed by atoms with Gasteiger partial charge in [0.2, 0.25) is 0 Å². The van der Waals surface area contributed by atoms with Gasteiger partial charge in [-0.05, 0) is 18.6 Å². The Labute approximate surface area is 125 Å². The van der Waals surface area contributed by atoms with Gasteiger partial charge in [-0.1, -0.05) is 54.1 Å². The Balaban J connectivity index is 2.46. The molecule has 94 valence electrons. The fourth-order valence-electron chi connectivity index (χ4n) is 1.41. The van der Waals surface area contributed by atoms with E-state index < -0.39 is 0 Å². The number of H-pyrrole nitrogens is 1. The lowest BCUT2D eigenvalue weighted by atomic mass is 10.2. The fourth-order valence-corrected chi connectivity index (χ4v) is 3.09. The van der Waals surface area contributed by atoms with Crippen molar-refractivity contribution in [1.82, 2.24) is 9.97 Å². The van der Waals surface area contributed by atoms with Crippen LogP contribution >= 0.6 is 47.2 Å². The van der Waals surface area contributed by atoms with E-state index in [1.807, 2.05) is 19.1 Å². The second-order valence-electron chi connectivity index (χ2n) is 3.50. The lowest BCUT2D eigenvalue weighted by molar-refractivity contribution is 1.29. The summed E-state index contributed by atoms with van der Waals surface area (Å²) in [5.74, 6) is 0.723. The Morgan fingerprint density at radius 2 is 2.22 bits per heavy atom. The Morgan fingerprint density at radius 3 is 2.83 bits per heavy atom. The summed E-state index contributed by atoms with van der Waals surface area (Å²) in [4.78, 5) is 8.01. The second-order valence-corrected chi connectivity index (χ2v) is 6.15. The van der Waals surface area contributed by atoms with Crippen LogP contribution in [-0.4, -0.2) is 14.2 Å². The van der Waals surface area contributed by atoms with E-state index in [9.17, 15) is 0 Å². The average molecular weight is 317 g/mol. The van der Waals surface area contributed by atoms with Crippen LogP contribution in [0, 0.1) is 0 Å². The average Bonchev–Trinajstić information content (AvgIpc) is 2.87. The molecular formula is C12H10Cl2N2S2. The highest BCUT2D eigenvalue weighted by Crippen LogP contribution is 2.40. The van der Waals surface area contributed by atoms with E-state index in [2.05, 4.69) is 9.97 Å². The molecule has 0 amide bonds. The van der Waals surface area contributed by atoms with Crippen LogP contribution in [0.15, 0.2) is 29.4 Å².